The summed E-state index contributed by atoms with van der Waals surface area (Å²) in [7, 11) is 1.81. The molecule has 1 aliphatic carbocycles. The van der Waals surface area contributed by atoms with Crippen molar-refractivity contribution < 1.29 is 9.90 Å². The lowest BCUT2D eigenvalue weighted by Crippen LogP contribution is -2.32. The van der Waals surface area contributed by atoms with Gasteiger partial charge in [0.15, 0.2) is 0 Å². The molecule has 2 atom stereocenters. The molecule has 6 heteroatoms. The number of carbonyl (C=O) groups excluding carboxylic acids is 1. The number of nitrogens with one attached hydrogen (secondary N) is 1. The molecule has 2 N–H and O–H groups in total. The lowest BCUT2D eigenvalue weighted by molar-refractivity contribution is 0.0941. The Labute approximate surface area is 116 Å². The van der Waals surface area contributed by atoms with Crippen LogP contribution in [0.4, 0.5) is 0 Å². The van der Waals surface area contributed by atoms with Gasteiger partial charge < -0.3 is 10.4 Å². The SMILES string of the molecule is Cn1nnc2cc(C(=O)N[C@@H]3C=C[C@H](CO)C3)ccc21. The lowest BCUT2D eigenvalue weighted by Gasteiger charge is -2.12. The second kappa shape index (κ2) is 5.05. The Morgan fingerprint density at radius 3 is 3.10 bits per heavy atom. The molecule has 1 aromatic carbocycles. The van der Waals surface area contributed by atoms with Crippen molar-refractivity contribution in [2.75, 3.05) is 6.61 Å². The van der Waals surface area contributed by atoms with Crippen LogP contribution in [0.25, 0.3) is 11.0 Å². The summed E-state index contributed by atoms with van der Waals surface area (Å²) in [4.78, 5) is 12.2. The van der Waals surface area contributed by atoms with E-state index in [-0.39, 0.29) is 24.5 Å². The van der Waals surface area contributed by atoms with Crippen molar-refractivity contribution in [3.05, 3.63) is 35.9 Å². The fourth-order valence-corrected chi connectivity index (χ4v) is 2.45. The van der Waals surface area contributed by atoms with Gasteiger partial charge in [0.25, 0.3) is 5.91 Å². The molecular formula is C14H16N4O2. The highest BCUT2D eigenvalue weighted by molar-refractivity contribution is 5.97. The summed E-state index contributed by atoms with van der Waals surface area (Å²) in [5.41, 5.74) is 2.16. The van der Waals surface area contributed by atoms with Gasteiger partial charge in [-0.2, -0.15) is 0 Å². The van der Waals surface area contributed by atoms with Gasteiger partial charge in [0.05, 0.1) is 5.52 Å². The maximum absolute atomic E-state index is 12.2. The quantitative estimate of drug-likeness (QED) is 0.803. The van der Waals surface area contributed by atoms with Gasteiger partial charge in [0.2, 0.25) is 0 Å². The zero-order valence-electron chi connectivity index (χ0n) is 11.2. The number of rotatable bonds is 3. The van der Waals surface area contributed by atoms with E-state index in [1.807, 2.05) is 25.3 Å². The normalized spacial score (nSPS) is 21.5. The predicted molar refractivity (Wildman–Crippen MR) is 74.1 cm³/mol. The van der Waals surface area contributed by atoms with E-state index < -0.39 is 0 Å². The van der Waals surface area contributed by atoms with Crippen LogP contribution >= 0.6 is 0 Å². The molecular weight excluding hydrogens is 256 g/mol. The maximum Gasteiger partial charge on any atom is 0.251 e. The molecule has 0 fully saturated rings. The molecule has 0 spiro atoms. The molecule has 104 valence electrons. The van der Waals surface area contributed by atoms with Gasteiger partial charge in [-0.15, -0.1) is 5.10 Å². The standard InChI is InChI=1S/C14H16N4O2/c1-18-13-5-3-10(7-12(13)16-17-18)14(20)15-11-4-2-9(6-11)8-19/h2-5,7,9,11,19H,6,8H2,1H3,(H,15,20)/t9-,11+/m0/s1. The van der Waals surface area contributed by atoms with Gasteiger partial charge >= 0.3 is 0 Å². The van der Waals surface area contributed by atoms with Crippen molar-refractivity contribution in [2.45, 2.75) is 12.5 Å². The van der Waals surface area contributed by atoms with E-state index in [4.69, 9.17) is 5.11 Å². The van der Waals surface area contributed by atoms with Crippen LogP contribution in [0.3, 0.4) is 0 Å². The van der Waals surface area contributed by atoms with Crippen LogP contribution in [0.1, 0.15) is 16.8 Å². The number of carbonyl (C=O) groups is 1. The van der Waals surface area contributed by atoms with Crippen molar-refractivity contribution in [3.8, 4) is 0 Å². The third-order valence-electron chi connectivity index (χ3n) is 3.60. The number of amides is 1. The minimum absolute atomic E-state index is 0.0165. The number of hydrogen-bond acceptors (Lipinski definition) is 4. The van der Waals surface area contributed by atoms with Gasteiger partial charge in [-0.1, -0.05) is 17.4 Å². The first-order valence-electron chi connectivity index (χ1n) is 6.57. The molecule has 1 heterocycles. The highest BCUT2D eigenvalue weighted by Gasteiger charge is 2.20. The number of aliphatic hydroxyl groups is 1. The fraction of sp³-hybridized carbons (Fsp3) is 0.357. The Hall–Kier alpha value is -2.21. The molecule has 0 unspecified atom stereocenters. The van der Waals surface area contributed by atoms with Crippen LogP contribution in [0, 0.1) is 5.92 Å². The largest absolute Gasteiger partial charge is 0.396 e. The predicted octanol–water partition coefficient (Wildman–Crippen LogP) is 0.635. The summed E-state index contributed by atoms with van der Waals surface area (Å²) in [5.74, 6) is 0.00793. The van der Waals surface area contributed by atoms with Gasteiger partial charge in [-0.05, 0) is 24.6 Å². The van der Waals surface area contributed by atoms with E-state index in [1.165, 1.54) is 0 Å². The highest BCUT2D eigenvalue weighted by atomic mass is 16.3. The second-order valence-electron chi connectivity index (χ2n) is 5.06. The Morgan fingerprint density at radius 1 is 1.50 bits per heavy atom. The first-order chi connectivity index (χ1) is 9.67. The van der Waals surface area contributed by atoms with Crippen LogP contribution in [0.15, 0.2) is 30.4 Å². The number of nitrogens with zero attached hydrogens (tertiary/aromatic N) is 3. The van der Waals surface area contributed by atoms with Gasteiger partial charge in [-0.25, -0.2) is 4.68 Å². The number of aromatic nitrogens is 3. The van der Waals surface area contributed by atoms with Crippen LogP contribution in [0.2, 0.25) is 0 Å². The molecule has 0 radical (unpaired) electrons. The molecule has 0 bridgehead atoms. The highest BCUT2D eigenvalue weighted by Crippen LogP contribution is 2.18. The number of hydrogen-bond donors (Lipinski definition) is 2. The van der Waals surface area contributed by atoms with E-state index in [9.17, 15) is 4.79 Å². The maximum atomic E-state index is 12.2. The summed E-state index contributed by atoms with van der Waals surface area (Å²) < 4.78 is 1.67. The van der Waals surface area contributed by atoms with Crippen molar-refractivity contribution >= 4 is 16.9 Å². The third-order valence-corrected chi connectivity index (χ3v) is 3.60. The Balaban J connectivity index is 1.74. The summed E-state index contributed by atoms with van der Waals surface area (Å²) in [5, 5.41) is 19.9. The first kappa shape index (κ1) is 12.8. The van der Waals surface area contributed by atoms with Gasteiger partial charge in [0.1, 0.15) is 5.52 Å². The zero-order chi connectivity index (χ0) is 14.1. The molecule has 3 rings (SSSR count). The molecule has 1 aliphatic rings. The summed E-state index contributed by atoms with van der Waals surface area (Å²) in [6.07, 6.45) is 4.62. The summed E-state index contributed by atoms with van der Waals surface area (Å²) >= 11 is 0. The fourth-order valence-electron chi connectivity index (χ4n) is 2.45. The van der Waals surface area contributed by atoms with Crippen molar-refractivity contribution in [1.29, 1.82) is 0 Å². The van der Waals surface area contributed by atoms with Gasteiger partial charge in [0, 0.05) is 31.2 Å². The number of benzene rings is 1. The minimum atomic E-state index is -0.134. The third kappa shape index (κ3) is 2.30. The molecule has 1 amide bonds. The lowest BCUT2D eigenvalue weighted by atomic mass is 10.1. The first-order valence-corrected chi connectivity index (χ1v) is 6.57. The van der Waals surface area contributed by atoms with Crippen LogP contribution in [0.5, 0.6) is 0 Å². The van der Waals surface area contributed by atoms with Crippen LogP contribution < -0.4 is 5.32 Å². The van der Waals surface area contributed by atoms with E-state index in [2.05, 4.69) is 15.6 Å². The van der Waals surface area contributed by atoms with Crippen LogP contribution in [-0.4, -0.2) is 38.7 Å². The molecule has 1 aromatic heterocycles. The van der Waals surface area contributed by atoms with Crippen molar-refractivity contribution in [1.82, 2.24) is 20.3 Å². The Morgan fingerprint density at radius 2 is 2.35 bits per heavy atom. The Bertz CT molecular complexity index is 677. The smallest absolute Gasteiger partial charge is 0.251 e. The molecule has 6 nitrogen and oxygen atoms in total. The van der Waals surface area contributed by atoms with Crippen LogP contribution in [-0.2, 0) is 7.05 Å². The average Bonchev–Trinajstić information content (AvgIpc) is 3.05. The van der Waals surface area contributed by atoms with Crippen molar-refractivity contribution in [2.24, 2.45) is 13.0 Å². The topological polar surface area (TPSA) is 80.0 Å². The van der Waals surface area contributed by atoms with E-state index in [0.717, 1.165) is 11.9 Å². The molecule has 0 saturated carbocycles. The van der Waals surface area contributed by atoms with Gasteiger partial charge in [-0.3, -0.25) is 4.79 Å². The number of aliphatic hydroxyl groups excluding tert-OH is 1. The van der Waals surface area contributed by atoms with E-state index in [1.54, 1.807) is 16.8 Å². The van der Waals surface area contributed by atoms with Crippen molar-refractivity contribution in [3.63, 3.8) is 0 Å². The number of fused-ring (bicyclic) bond motifs is 1. The molecule has 20 heavy (non-hydrogen) atoms. The zero-order valence-corrected chi connectivity index (χ0v) is 11.2. The number of aryl methyl sites for hydroxylation is 1. The molecule has 2 aromatic rings. The van der Waals surface area contributed by atoms with E-state index >= 15 is 0 Å². The minimum Gasteiger partial charge on any atom is -0.396 e. The average molecular weight is 272 g/mol. The van der Waals surface area contributed by atoms with E-state index in [0.29, 0.717) is 11.1 Å². The Kier molecular flexibility index (Phi) is 3.23. The summed E-state index contributed by atoms with van der Waals surface area (Å²) in [6, 6.07) is 5.33. The monoisotopic (exact) mass is 272 g/mol. The summed E-state index contributed by atoms with van der Waals surface area (Å²) in [6.45, 7) is 0.119. The molecule has 0 saturated heterocycles. The molecule has 0 aliphatic heterocycles. The second-order valence-corrected chi connectivity index (χ2v) is 5.06.